The van der Waals surface area contributed by atoms with E-state index in [-0.39, 0.29) is 5.41 Å². The molecule has 0 heterocycles. The van der Waals surface area contributed by atoms with E-state index in [1.54, 1.807) is 6.08 Å². The Hall–Kier alpha value is -1.37. The van der Waals surface area contributed by atoms with E-state index in [1.165, 1.54) is 17.3 Å². The third-order valence-electron chi connectivity index (χ3n) is 2.14. The highest BCUT2D eigenvalue weighted by Gasteiger charge is 2.15. The van der Waals surface area contributed by atoms with Gasteiger partial charge in [-0.15, -0.1) is 0 Å². The fourth-order valence-electron chi connectivity index (χ4n) is 1.48. The van der Waals surface area contributed by atoms with Crippen molar-refractivity contribution in [3.05, 3.63) is 41.5 Å². The molecule has 1 rings (SSSR count). The minimum atomic E-state index is 0.156. The van der Waals surface area contributed by atoms with Crippen molar-refractivity contribution >= 4 is 12.3 Å². The second-order valence-electron chi connectivity index (χ2n) is 4.36. The van der Waals surface area contributed by atoms with Gasteiger partial charge >= 0.3 is 0 Å². The molecule has 0 bridgehead atoms. The van der Waals surface area contributed by atoms with Gasteiger partial charge in [-0.3, -0.25) is 0 Å². The molecule has 74 valence electrons. The van der Waals surface area contributed by atoms with Crippen molar-refractivity contribution in [1.82, 2.24) is 0 Å². The molecule has 14 heavy (non-hydrogen) atoms. The molecule has 0 atom stereocenters. The molecule has 0 aromatic heterocycles. The van der Waals surface area contributed by atoms with Crippen molar-refractivity contribution in [2.24, 2.45) is 0 Å². The normalized spacial score (nSPS) is 11.9. The fourth-order valence-corrected chi connectivity index (χ4v) is 1.48. The Bertz CT molecular complexity index is 342. The molecule has 0 unspecified atom stereocenters. The Morgan fingerprint density at radius 3 is 2.36 bits per heavy atom. The molecular formula is C13H17N. The van der Waals surface area contributed by atoms with Gasteiger partial charge in [0.25, 0.3) is 0 Å². The van der Waals surface area contributed by atoms with Gasteiger partial charge in [-0.05, 0) is 22.6 Å². The van der Waals surface area contributed by atoms with Crippen LogP contribution in [0, 0.1) is 5.41 Å². The third-order valence-corrected chi connectivity index (χ3v) is 2.14. The summed E-state index contributed by atoms with van der Waals surface area (Å²) in [6.45, 7) is 6.60. The maximum Gasteiger partial charge on any atom is 0.0177 e. The number of benzene rings is 1. The lowest BCUT2D eigenvalue weighted by atomic mass is 9.84. The van der Waals surface area contributed by atoms with Crippen molar-refractivity contribution < 1.29 is 0 Å². The molecule has 1 N–H and O–H groups in total. The molecule has 1 heteroatoms. The van der Waals surface area contributed by atoms with E-state index in [4.69, 9.17) is 5.41 Å². The van der Waals surface area contributed by atoms with Crippen LogP contribution < -0.4 is 0 Å². The van der Waals surface area contributed by atoms with Crippen LogP contribution in [0.4, 0.5) is 0 Å². The van der Waals surface area contributed by atoms with Crippen LogP contribution >= 0.6 is 0 Å². The summed E-state index contributed by atoms with van der Waals surface area (Å²) in [7, 11) is 0. The number of allylic oxidation sites excluding steroid dienone is 1. The second kappa shape index (κ2) is 4.23. The lowest BCUT2D eigenvalue weighted by molar-refractivity contribution is 0.589. The molecule has 0 saturated carbocycles. The first-order valence-corrected chi connectivity index (χ1v) is 4.82. The number of hydrogen-bond donors (Lipinski definition) is 1. The van der Waals surface area contributed by atoms with Gasteiger partial charge in [-0.25, -0.2) is 0 Å². The summed E-state index contributed by atoms with van der Waals surface area (Å²) in [6.07, 6.45) is 5.04. The number of hydrogen-bond acceptors (Lipinski definition) is 1. The monoisotopic (exact) mass is 187 g/mol. The smallest absolute Gasteiger partial charge is 0.0177 e. The van der Waals surface area contributed by atoms with Crippen molar-refractivity contribution in [1.29, 1.82) is 5.41 Å². The van der Waals surface area contributed by atoms with Crippen molar-refractivity contribution in [3.63, 3.8) is 0 Å². The molecule has 1 aromatic rings. The zero-order valence-corrected chi connectivity index (χ0v) is 9.04. The largest absolute Gasteiger partial charge is 0.309 e. The maximum atomic E-state index is 6.97. The summed E-state index contributed by atoms with van der Waals surface area (Å²) in [5, 5.41) is 6.97. The highest BCUT2D eigenvalue weighted by molar-refractivity contribution is 5.76. The summed E-state index contributed by atoms with van der Waals surface area (Å²) in [6, 6.07) is 8.31. The molecule has 0 spiro atoms. The molecule has 0 radical (unpaired) electrons. The predicted molar refractivity (Wildman–Crippen MR) is 63.0 cm³/mol. The Kier molecular flexibility index (Phi) is 3.23. The van der Waals surface area contributed by atoms with E-state index in [2.05, 4.69) is 39.0 Å². The van der Waals surface area contributed by atoms with E-state index in [0.29, 0.717) is 0 Å². The molecular weight excluding hydrogens is 170 g/mol. The third kappa shape index (κ3) is 2.56. The van der Waals surface area contributed by atoms with Crippen LogP contribution in [-0.4, -0.2) is 6.21 Å². The SMILES string of the molecule is CC(C)(C)c1ccccc1/C=C\C=N. The summed E-state index contributed by atoms with van der Waals surface area (Å²) in [5.74, 6) is 0. The van der Waals surface area contributed by atoms with Crippen LogP contribution in [-0.2, 0) is 5.41 Å². The summed E-state index contributed by atoms with van der Waals surface area (Å²) >= 11 is 0. The molecule has 0 aliphatic rings. The Balaban J connectivity index is 3.16. The minimum Gasteiger partial charge on any atom is -0.309 e. The Labute approximate surface area is 86.0 Å². The topological polar surface area (TPSA) is 23.9 Å². The zero-order chi connectivity index (χ0) is 10.6. The molecule has 1 nitrogen and oxygen atoms in total. The first-order chi connectivity index (χ1) is 6.55. The van der Waals surface area contributed by atoms with Gasteiger partial charge in [-0.2, -0.15) is 0 Å². The van der Waals surface area contributed by atoms with Crippen LogP contribution in [0.1, 0.15) is 31.9 Å². The molecule has 1 aromatic carbocycles. The van der Waals surface area contributed by atoms with Crippen molar-refractivity contribution in [2.45, 2.75) is 26.2 Å². The van der Waals surface area contributed by atoms with E-state index < -0.39 is 0 Å². The van der Waals surface area contributed by atoms with Crippen LogP contribution in [0.5, 0.6) is 0 Å². The number of nitrogens with one attached hydrogen (secondary N) is 1. The van der Waals surface area contributed by atoms with Gasteiger partial charge < -0.3 is 5.41 Å². The minimum absolute atomic E-state index is 0.156. The average Bonchev–Trinajstić information content (AvgIpc) is 2.14. The van der Waals surface area contributed by atoms with Crippen LogP contribution in [0.3, 0.4) is 0 Å². The van der Waals surface area contributed by atoms with Gasteiger partial charge in [0.05, 0.1) is 0 Å². The zero-order valence-electron chi connectivity index (χ0n) is 9.04. The standard InChI is InChI=1S/C13H17N/c1-13(2,3)12-9-5-4-7-11(12)8-6-10-14/h4-10,14H,1-3H3/b8-6-,14-10?. The van der Waals surface area contributed by atoms with Crippen LogP contribution in [0.25, 0.3) is 6.08 Å². The molecule has 0 fully saturated rings. The highest BCUT2D eigenvalue weighted by Crippen LogP contribution is 2.26. The lowest BCUT2D eigenvalue weighted by Gasteiger charge is -2.21. The van der Waals surface area contributed by atoms with E-state index >= 15 is 0 Å². The molecule has 0 aliphatic heterocycles. The van der Waals surface area contributed by atoms with Gasteiger partial charge in [0.1, 0.15) is 0 Å². The average molecular weight is 187 g/mol. The van der Waals surface area contributed by atoms with E-state index in [0.717, 1.165) is 0 Å². The maximum absolute atomic E-state index is 6.97. The fraction of sp³-hybridized carbons (Fsp3) is 0.308. The van der Waals surface area contributed by atoms with Gasteiger partial charge in [0.2, 0.25) is 0 Å². The summed E-state index contributed by atoms with van der Waals surface area (Å²) in [4.78, 5) is 0. The quantitative estimate of drug-likeness (QED) is 0.683. The van der Waals surface area contributed by atoms with E-state index in [1.807, 2.05) is 12.1 Å². The lowest BCUT2D eigenvalue weighted by Crippen LogP contribution is -2.12. The van der Waals surface area contributed by atoms with Gasteiger partial charge in [-0.1, -0.05) is 51.1 Å². The number of rotatable bonds is 2. The van der Waals surface area contributed by atoms with Crippen molar-refractivity contribution in [2.75, 3.05) is 0 Å². The molecule has 0 saturated heterocycles. The Morgan fingerprint density at radius 2 is 1.79 bits per heavy atom. The first kappa shape index (κ1) is 10.7. The molecule has 0 amide bonds. The summed E-state index contributed by atoms with van der Waals surface area (Å²) in [5.41, 5.74) is 2.67. The Morgan fingerprint density at radius 1 is 1.14 bits per heavy atom. The first-order valence-electron chi connectivity index (χ1n) is 4.82. The van der Waals surface area contributed by atoms with Gasteiger partial charge in [0.15, 0.2) is 0 Å². The second-order valence-corrected chi connectivity index (χ2v) is 4.36. The summed E-state index contributed by atoms with van der Waals surface area (Å²) < 4.78 is 0. The van der Waals surface area contributed by atoms with E-state index in [9.17, 15) is 0 Å². The van der Waals surface area contributed by atoms with Crippen LogP contribution in [0.15, 0.2) is 30.3 Å². The predicted octanol–water partition coefficient (Wildman–Crippen LogP) is 3.65. The van der Waals surface area contributed by atoms with Crippen LogP contribution in [0.2, 0.25) is 0 Å². The molecule has 0 aliphatic carbocycles. The van der Waals surface area contributed by atoms with Gasteiger partial charge in [0, 0.05) is 6.21 Å². The van der Waals surface area contributed by atoms with Crippen molar-refractivity contribution in [3.8, 4) is 0 Å². The highest BCUT2D eigenvalue weighted by atomic mass is 14.3.